The van der Waals surface area contributed by atoms with Crippen LogP contribution in [0, 0.1) is 22.9 Å². The van der Waals surface area contributed by atoms with Crippen LogP contribution in [0.2, 0.25) is 0 Å². The van der Waals surface area contributed by atoms with Crippen molar-refractivity contribution in [3.63, 3.8) is 0 Å². The molecule has 0 saturated carbocycles. The van der Waals surface area contributed by atoms with Gasteiger partial charge in [-0.1, -0.05) is 18.2 Å². The van der Waals surface area contributed by atoms with E-state index in [1.54, 1.807) is 25.1 Å². The molecule has 0 aliphatic heterocycles. The molecule has 0 saturated heterocycles. The molecular weight excluding hydrogens is 441 g/mol. The average molecular weight is 459 g/mol. The summed E-state index contributed by atoms with van der Waals surface area (Å²) in [5, 5.41) is 13.3. The quantitative estimate of drug-likeness (QED) is 0.404. The molecule has 0 aliphatic rings. The maximum atomic E-state index is 13.5. The van der Waals surface area contributed by atoms with Crippen LogP contribution in [0.25, 0.3) is 0 Å². The molecule has 9 nitrogen and oxygen atoms in total. The van der Waals surface area contributed by atoms with Crippen LogP contribution in [0.4, 0.5) is 21.5 Å². The van der Waals surface area contributed by atoms with Gasteiger partial charge in [0.15, 0.2) is 0 Å². The Kier molecular flexibility index (Phi) is 6.40. The van der Waals surface area contributed by atoms with Crippen molar-refractivity contribution in [2.75, 3.05) is 17.1 Å². The van der Waals surface area contributed by atoms with Crippen molar-refractivity contribution in [2.45, 2.75) is 11.8 Å². The third-order valence-electron chi connectivity index (χ3n) is 4.49. The lowest BCUT2D eigenvalue weighted by molar-refractivity contribution is -0.387. The number of nitrogens with one attached hydrogen (secondary N) is 2. The number of nitrogens with zero attached hydrogens (tertiary/aromatic N) is 1. The topological polar surface area (TPSA) is 128 Å². The minimum absolute atomic E-state index is 0.0111. The molecule has 0 fully saturated rings. The van der Waals surface area contributed by atoms with Crippen LogP contribution in [0.15, 0.2) is 65.6 Å². The van der Waals surface area contributed by atoms with E-state index in [-0.39, 0.29) is 21.8 Å². The fourth-order valence-electron chi connectivity index (χ4n) is 2.89. The van der Waals surface area contributed by atoms with Crippen molar-refractivity contribution in [1.82, 2.24) is 0 Å². The molecule has 0 aliphatic carbocycles. The number of methoxy groups -OCH3 is 1. The third-order valence-corrected chi connectivity index (χ3v) is 6.00. The number of carbonyl (C=O) groups excluding carboxylic acids is 1. The fourth-order valence-corrected chi connectivity index (χ4v) is 4.24. The monoisotopic (exact) mass is 459 g/mol. The van der Waals surface area contributed by atoms with Gasteiger partial charge in [-0.2, -0.15) is 4.39 Å². The number of hydrogen-bond acceptors (Lipinski definition) is 6. The molecule has 3 aromatic carbocycles. The number of hydrogen-bond donors (Lipinski definition) is 2. The molecule has 3 aromatic rings. The number of nitro groups is 1. The largest absolute Gasteiger partial charge is 0.495 e. The number of anilines is 2. The van der Waals surface area contributed by atoms with Gasteiger partial charge in [0.1, 0.15) is 5.75 Å². The van der Waals surface area contributed by atoms with Gasteiger partial charge in [0.2, 0.25) is 5.82 Å². The van der Waals surface area contributed by atoms with Crippen LogP contribution in [-0.4, -0.2) is 26.4 Å². The normalized spacial score (nSPS) is 11.0. The molecule has 0 aromatic heterocycles. The second-order valence-corrected chi connectivity index (χ2v) is 8.31. The smallest absolute Gasteiger partial charge is 0.306 e. The van der Waals surface area contributed by atoms with Crippen molar-refractivity contribution in [3.8, 4) is 5.75 Å². The van der Waals surface area contributed by atoms with Gasteiger partial charge < -0.3 is 10.1 Å². The number of carbonyl (C=O) groups is 1. The van der Waals surface area contributed by atoms with Gasteiger partial charge >= 0.3 is 5.69 Å². The second kappa shape index (κ2) is 9.02. The van der Waals surface area contributed by atoms with Crippen molar-refractivity contribution in [2.24, 2.45) is 0 Å². The lowest BCUT2D eigenvalue weighted by Crippen LogP contribution is -2.17. The highest BCUT2D eigenvalue weighted by Gasteiger charge is 2.21. The van der Waals surface area contributed by atoms with Crippen LogP contribution < -0.4 is 14.8 Å². The van der Waals surface area contributed by atoms with Gasteiger partial charge in [-0.15, -0.1) is 0 Å². The van der Waals surface area contributed by atoms with E-state index in [1.165, 1.54) is 31.4 Å². The zero-order valence-electron chi connectivity index (χ0n) is 17.0. The fraction of sp³-hybridized carbons (Fsp3) is 0.0952. The van der Waals surface area contributed by atoms with E-state index in [0.29, 0.717) is 11.3 Å². The van der Waals surface area contributed by atoms with E-state index in [4.69, 9.17) is 4.74 Å². The van der Waals surface area contributed by atoms with Crippen LogP contribution in [0.5, 0.6) is 5.75 Å². The first-order chi connectivity index (χ1) is 15.1. The predicted octanol–water partition coefficient (Wildman–Crippen LogP) is 4.10. The van der Waals surface area contributed by atoms with E-state index >= 15 is 0 Å². The Bertz CT molecular complexity index is 1310. The molecule has 0 heterocycles. The molecule has 166 valence electrons. The maximum absolute atomic E-state index is 13.5. The van der Waals surface area contributed by atoms with E-state index in [1.807, 2.05) is 0 Å². The number of halogens is 1. The number of para-hydroxylation sites is 2. The van der Waals surface area contributed by atoms with E-state index in [9.17, 15) is 27.7 Å². The molecule has 0 radical (unpaired) electrons. The lowest BCUT2D eigenvalue weighted by Gasteiger charge is -2.14. The standard InChI is InChI=1S/C21H18FN3O6S/c1-13-7-8-14(21(26)23-15-9-10-16(22)18(12-15)25(27)28)11-20(13)32(29,30)24-17-5-3-4-6-19(17)31-2/h3-12,24H,1-2H3,(H,23,26). The van der Waals surface area contributed by atoms with Gasteiger partial charge in [-0.3, -0.25) is 19.6 Å². The molecule has 0 atom stereocenters. The van der Waals surface area contributed by atoms with Gasteiger partial charge in [-0.25, -0.2) is 8.42 Å². The summed E-state index contributed by atoms with van der Waals surface area (Å²) in [7, 11) is -2.67. The Morgan fingerprint density at radius 1 is 1.09 bits per heavy atom. The number of sulfonamides is 1. The summed E-state index contributed by atoms with van der Waals surface area (Å²) in [6.45, 7) is 1.57. The summed E-state index contributed by atoms with van der Waals surface area (Å²) in [4.78, 5) is 22.5. The van der Waals surface area contributed by atoms with Gasteiger partial charge in [0.25, 0.3) is 15.9 Å². The summed E-state index contributed by atoms with van der Waals surface area (Å²) >= 11 is 0. The van der Waals surface area contributed by atoms with E-state index in [2.05, 4.69) is 10.0 Å². The van der Waals surface area contributed by atoms with E-state index < -0.39 is 32.4 Å². The third kappa shape index (κ3) is 4.83. The molecule has 11 heteroatoms. The zero-order valence-corrected chi connectivity index (χ0v) is 17.8. The number of ether oxygens (including phenoxy) is 1. The summed E-state index contributed by atoms with van der Waals surface area (Å²) in [5.41, 5.74) is -0.205. The molecule has 3 rings (SSSR count). The number of nitro benzene ring substituents is 1. The molecular formula is C21H18FN3O6S. The molecule has 0 bridgehead atoms. The second-order valence-electron chi connectivity index (χ2n) is 6.66. The molecule has 1 amide bonds. The Morgan fingerprint density at radius 3 is 2.50 bits per heavy atom. The van der Waals surface area contributed by atoms with Gasteiger partial charge in [0.05, 0.1) is 22.6 Å². The summed E-state index contributed by atoms with van der Waals surface area (Å²) in [6.07, 6.45) is 0. The first kappa shape index (κ1) is 22.7. The number of benzene rings is 3. The summed E-state index contributed by atoms with van der Waals surface area (Å²) < 4.78 is 47.0. The Labute approximate surface area is 183 Å². The predicted molar refractivity (Wildman–Crippen MR) is 116 cm³/mol. The van der Waals surface area contributed by atoms with Crippen LogP contribution in [-0.2, 0) is 10.0 Å². The Morgan fingerprint density at radius 2 is 1.81 bits per heavy atom. The molecule has 32 heavy (non-hydrogen) atoms. The van der Waals surface area contributed by atoms with E-state index in [0.717, 1.165) is 18.2 Å². The Balaban J connectivity index is 1.90. The first-order valence-electron chi connectivity index (χ1n) is 9.14. The van der Waals surface area contributed by atoms with Gasteiger partial charge in [-0.05, 0) is 48.9 Å². The molecule has 2 N–H and O–H groups in total. The van der Waals surface area contributed by atoms with Crippen LogP contribution in [0.1, 0.15) is 15.9 Å². The lowest BCUT2D eigenvalue weighted by atomic mass is 10.1. The van der Waals surface area contributed by atoms with Crippen LogP contribution >= 0.6 is 0 Å². The number of aryl methyl sites for hydroxylation is 1. The Hall–Kier alpha value is -3.99. The maximum Gasteiger partial charge on any atom is 0.306 e. The average Bonchev–Trinajstić information content (AvgIpc) is 2.75. The van der Waals surface area contributed by atoms with Gasteiger partial charge in [0, 0.05) is 17.3 Å². The highest BCUT2D eigenvalue weighted by molar-refractivity contribution is 7.92. The molecule has 0 spiro atoms. The summed E-state index contributed by atoms with van der Waals surface area (Å²) in [6, 6.07) is 13.4. The van der Waals surface area contributed by atoms with Crippen molar-refractivity contribution < 1.29 is 27.3 Å². The minimum atomic E-state index is -4.08. The minimum Gasteiger partial charge on any atom is -0.495 e. The van der Waals surface area contributed by atoms with Crippen LogP contribution in [0.3, 0.4) is 0 Å². The summed E-state index contributed by atoms with van der Waals surface area (Å²) in [5.74, 6) is -1.45. The van der Waals surface area contributed by atoms with Crippen molar-refractivity contribution in [1.29, 1.82) is 0 Å². The first-order valence-corrected chi connectivity index (χ1v) is 10.6. The highest BCUT2D eigenvalue weighted by atomic mass is 32.2. The SMILES string of the molecule is COc1ccccc1NS(=O)(=O)c1cc(C(=O)Nc2ccc(F)c([N+](=O)[O-])c2)ccc1C. The zero-order chi connectivity index (χ0) is 23.5. The highest BCUT2D eigenvalue weighted by Crippen LogP contribution is 2.28. The number of rotatable bonds is 7. The number of amides is 1. The molecule has 0 unspecified atom stereocenters. The van der Waals surface area contributed by atoms with Crippen molar-refractivity contribution in [3.05, 3.63) is 87.7 Å². The van der Waals surface area contributed by atoms with Crippen molar-refractivity contribution >= 4 is 33.0 Å².